The number of nitrogens with one attached hydrogen (secondary N) is 2. The number of amides is 2. The zero-order valence-corrected chi connectivity index (χ0v) is 18.0. The van der Waals surface area contributed by atoms with E-state index in [-0.39, 0.29) is 23.0 Å². The Balaban J connectivity index is 2.25. The van der Waals surface area contributed by atoms with Gasteiger partial charge in [-0.3, -0.25) is 0 Å². The Bertz CT molecular complexity index is 1180. The van der Waals surface area contributed by atoms with Gasteiger partial charge in [-0.15, -0.1) is 0 Å². The van der Waals surface area contributed by atoms with Crippen LogP contribution in [0.2, 0.25) is 0 Å². The maximum absolute atomic E-state index is 14.5. The molecule has 3 aromatic carbocycles. The van der Waals surface area contributed by atoms with E-state index in [1.165, 1.54) is 24.3 Å². The van der Waals surface area contributed by atoms with Gasteiger partial charge in [0.05, 0.1) is 11.1 Å². The quantitative estimate of drug-likeness (QED) is 0.368. The highest BCUT2D eigenvalue weighted by Gasteiger charge is 2.40. The minimum atomic E-state index is -4.93. The molecule has 2 radical (unpaired) electrons. The molecule has 0 aliphatic heterocycles. The molecule has 0 aromatic heterocycles. The van der Waals surface area contributed by atoms with Crippen molar-refractivity contribution in [3.05, 3.63) is 101 Å². The molecular weight excluding hydrogens is 476 g/mol. The Labute approximate surface area is 197 Å². The summed E-state index contributed by atoms with van der Waals surface area (Å²) in [6.07, 6.45) is -9.89. The van der Waals surface area contributed by atoms with E-state index in [9.17, 15) is 35.5 Å². The third-order valence-electron chi connectivity index (χ3n) is 5.19. The number of urea groups is 1. The SMILES string of the molecule is [B]c1cccc([C@@](Cc2ccccc2)(NC(=O)NCC(F)(F)F)c2cc(F)cc(C(F)(F)F)c2)c1. The summed E-state index contributed by atoms with van der Waals surface area (Å²) in [5.41, 5.74) is -2.77. The lowest BCUT2D eigenvalue weighted by Gasteiger charge is -2.37. The molecule has 2 N–H and O–H groups in total. The summed E-state index contributed by atoms with van der Waals surface area (Å²) in [4.78, 5) is 12.6. The monoisotopic (exact) mass is 494 g/mol. The van der Waals surface area contributed by atoms with Crippen LogP contribution in [0.1, 0.15) is 22.3 Å². The second kappa shape index (κ2) is 10.0. The van der Waals surface area contributed by atoms with E-state index in [2.05, 4.69) is 5.32 Å². The zero-order chi connectivity index (χ0) is 25.9. The second-order valence-electron chi connectivity index (χ2n) is 7.84. The molecule has 0 aliphatic rings. The Kier molecular flexibility index (Phi) is 7.47. The predicted molar refractivity (Wildman–Crippen MR) is 117 cm³/mol. The van der Waals surface area contributed by atoms with Crippen LogP contribution >= 0.6 is 0 Å². The first-order valence-corrected chi connectivity index (χ1v) is 10.2. The smallest absolute Gasteiger partial charge is 0.329 e. The topological polar surface area (TPSA) is 41.1 Å². The molecule has 2 amide bonds. The number of rotatable bonds is 6. The summed E-state index contributed by atoms with van der Waals surface area (Å²) in [7, 11) is 5.87. The van der Waals surface area contributed by atoms with Crippen molar-refractivity contribution in [1.29, 1.82) is 0 Å². The standard InChI is InChI=1S/C24H18BF7N2O/c25-19-8-4-7-16(10-19)22(13-15-5-2-1-3-6-15,34-21(35)33-14-23(27,28)29)17-9-18(24(30,31)32)12-20(26)11-17/h1-12H,13-14H2,(H2,33,34,35)/t22-/m1/s1. The van der Waals surface area contributed by atoms with Crippen LogP contribution in [0.3, 0.4) is 0 Å². The van der Waals surface area contributed by atoms with E-state index in [1.807, 2.05) is 0 Å². The molecule has 35 heavy (non-hydrogen) atoms. The third kappa shape index (κ3) is 6.77. The van der Waals surface area contributed by atoms with Crippen LogP contribution < -0.4 is 16.1 Å². The van der Waals surface area contributed by atoms with Crippen molar-refractivity contribution in [2.45, 2.75) is 24.3 Å². The second-order valence-corrected chi connectivity index (χ2v) is 7.84. The first-order valence-electron chi connectivity index (χ1n) is 10.2. The van der Waals surface area contributed by atoms with Crippen molar-refractivity contribution in [2.24, 2.45) is 0 Å². The van der Waals surface area contributed by atoms with E-state index < -0.39 is 41.8 Å². The van der Waals surface area contributed by atoms with E-state index >= 15 is 0 Å². The van der Waals surface area contributed by atoms with Gasteiger partial charge in [0.15, 0.2) is 0 Å². The van der Waals surface area contributed by atoms with Crippen molar-refractivity contribution < 1.29 is 35.5 Å². The molecule has 182 valence electrons. The molecule has 0 saturated carbocycles. The average Bonchev–Trinajstić information content (AvgIpc) is 2.76. The van der Waals surface area contributed by atoms with Crippen LogP contribution in [0.25, 0.3) is 0 Å². The molecule has 0 saturated heterocycles. The highest BCUT2D eigenvalue weighted by molar-refractivity contribution is 6.32. The van der Waals surface area contributed by atoms with Gasteiger partial charge in [0.1, 0.15) is 20.2 Å². The molecule has 0 bridgehead atoms. The number of alkyl halides is 6. The van der Waals surface area contributed by atoms with Crippen LogP contribution in [0.4, 0.5) is 35.5 Å². The van der Waals surface area contributed by atoms with Gasteiger partial charge >= 0.3 is 18.4 Å². The highest BCUT2D eigenvalue weighted by Crippen LogP contribution is 2.38. The molecule has 0 spiro atoms. The van der Waals surface area contributed by atoms with Gasteiger partial charge < -0.3 is 10.6 Å². The molecule has 11 heteroatoms. The minimum absolute atomic E-state index is 0.141. The van der Waals surface area contributed by atoms with Gasteiger partial charge in [-0.25, -0.2) is 9.18 Å². The van der Waals surface area contributed by atoms with E-state index in [0.29, 0.717) is 17.7 Å². The lowest BCUT2D eigenvalue weighted by atomic mass is 9.76. The summed E-state index contributed by atoms with van der Waals surface area (Å²) in [5, 5.41) is 4.03. The number of hydrogen-bond acceptors (Lipinski definition) is 1. The predicted octanol–water partition coefficient (Wildman–Crippen LogP) is 4.99. The largest absolute Gasteiger partial charge is 0.416 e. The molecule has 0 fully saturated rings. The first kappa shape index (κ1) is 26.1. The maximum atomic E-state index is 14.5. The molecular formula is C24H18BF7N2O. The molecule has 0 aliphatic carbocycles. The summed E-state index contributed by atoms with van der Waals surface area (Å²) in [6, 6.07) is 14.3. The van der Waals surface area contributed by atoms with Gasteiger partial charge in [0.25, 0.3) is 0 Å². The molecule has 3 nitrogen and oxygen atoms in total. The van der Waals surface area contributed by atoms with Crippen LogP contribution in [-0.2, 0) is 18.1 Å². The summed E-state index contributed by atoms with van der Waals surface area (Å²) >= 11 is 0. The van der Waals surface area contributed by atoms with Crippen molar-refractivity contribution in [3.8, 4) is 0 Å². The Morgan fingerprint density at radius 3 is 2.06 bits per heavy atom. The number of carbonyl (C=O) groups excluding carboxylic acids is 1. The number of carbonyl (C=O) groups is 1. The van der Waals surface area contributed by atoms with Gasteiger partial charge in [-0.05, 0) is 34.9 Å². The van der Waals surface area contributed by atoms with Crippen molar-refractivity contribution in [3.63, 3.8) is 0 Å². The fourth-order valence-electron chi connectivity index (χ4n) is 3.68. The number of hydrogen-bond donors (Lipinski definition) is 2. The normalized spacial score (nSPS) is 13.7. The van der Waals surface area contributed by atoms with E-state index in [1.54, 1.807) is 35.6 Å². The van der Waals surface area contributed by atoms with Crippen molar-refractivity contribution in [1.82, 2.24) is 10.6 Å². The Hall–Kier alpha value is -3.50. The number of halogens is 7. The molecule has 0 unspecified atom stereocenters. The maximum Gasteiger partial charge on any atom is 0.416 e. The summed E-state index contributed by atoms with van der Waals surface area (Å²) in [6.45, 7) is -1.69. The summed E-state index contributed by atoms with van der Waals surface area (Å²) < 4.78 is 93.2. The average molecular weight is 494 g/mol. The molecule has 3 rings (SSSR count). The van der Waals surface area contributed by atoms with Crippen LogP contribution in [0, 0.1) is 5.82 Å². The lowest BCUT2D eigenvalue weighted by molar-refractivity contribution is -0.137. The number of benzene rings is 3. The summed E-state index contributed by atoms with van der Waals surface area (Å²) in [5.74, 6) is -1.24. The van der Waals surface area contributed by atoms with Crippen LogP contribution in [-0.4, -0.2) is 26.6 Å². The van der Waals surface area contributed by atoms with Gasteiger partial charge in [-0.1, -0.05) is 60.1 Å². The van der Waals surface area contributed by atoms with Crippen molar-refractivity contribution in [2.75, 3.05) is 6.54 Å². The highest BCUT2D eigenvalue weighted by atomic mass is 19.4. The Morgan fingerprint density at radius 2 is 1.46 bits per heavy atom. The van der Waals surface area contributed by atoms with Gasteiger partial charge in [0.2, 0.25) is 0 Å². The van der Waals surface area contributed by atoms with Crippen molar-refractivity contribution >= 4 is 19.3 Å². The zero-order valence-electron chi connectivity index (χ0n) is 18.0. The van der Waals surface area contributed by atoms with E-state index in [0.717, 1.165) is 6.07 Å². The lowest BCUT2D eigenvalue weighted by Crippen LogP contribution is -2.53. The Morgan fingerprint density at radius 1 is 0.800 bits per heavy atom. The molecule has 1 atom stereocenters. The van der Waals surface area contributed by atoms with Crippen LogP contribution in [0.15, 0.2) is 72.8 Å². The third-order valence-corrected chi connectivity index (χ3v) is 5.19. The van der Waals surface area contributed by atoms with Crippen LogP contribution in [0.5, 0.6) is 0 Å². The molecule has 3 aromatic rings. The van der Waals surface area contributed by atoms with E-state index in [4.69, 9.17) is 7.85 Å². The molecule has 0 heterocycles. The van der Waals surface area contributed by atoms with Gasteiger partial charge in [0, 0.05) is 6.42 Å². The fourth-order valence-corrected chi connectivity index (χ4v) is 3.68. The first-order chi connectivity index (χ1) is 16.3. The fraction of sp³-hybridized carbons (Fsp3) is 0.208. The van der Waals surface area contributed by atoms with Gasteiger partial charge in [-0.2, -0.15) is 26.3 Å². The minimum Gasteiger partial charge on any atom is -0.329 e.